The summed E-state index contributed by atoms with van der Waals surface area (Å²) in [4.78, 5) is 14.9. The van der Waals surface area contributed by atoms with Crippen LogP contribution < -0.4 is 10.6 Å². The van der Waals surface area contributed by atoms with Crippen molar-refractivity contribution in [2.24, 2.45) is 7.05 Å². The van der Waals surface area contributed by atoms with Crippen LogP contribution in [0.1, 0.15) is 40.9 Å². The number of carbonyl (C=O) groups is 1. The van der Waals surface area contributed by atoms with Crippen LogP contribution in [0.25, 0.3) is 0 Å². The maximum absolute atomic E-state index is 13.0. The Labute approximate surface area is 187 Å². The Kier molecular flexibility index (Phi) is 6.31. The van der Waals surface area contributed by atoms with E-state index in [1.807, 2.05) is 27.9 Å². The summed E-state index contributed by atoms with van der Waals surface area (Å²) in [5, 5.41) is 15.3. The minimum Gasteiger partial charge on any atom is -0.337 e. The second-order valence-electron chi connectivity index (χ2n) is 7.82. The van der Waals surface area contributed by atoms with E-state index in [4.69, 9.17) is 12.2 Å². The number of nitrogens with zero attached hydrogens (tertiary/aromatic N) is 5. The van der Waals surface area contributed by atoms with Gasteiger partial charge < -0.3 is 15.5 Å². The van der Waals surface area contributed by atoms with Crippen LogP contribution in [-0.4, -0.2) is 48.6 Å². The van der Waals surface area contributed by atoms with Crippen LogP contribution in [0.2, 0.25) is 0 Å². The molecule has 0 aliphatic carbocycles. The number of anilines is 2. The predicted octanol–water partition coefficient (Wildman–Crippen LogP) is 3.41. The third kappa shape index (κ3) is 4.93. The minimum atomic E-state index is -0.0175. The molecule has 162 valence electrons. The van der Waals surface area contributed by atoms with Crippen molar-refractivity contribution in [3.63, 3.8) is 0 Å². The van der Waals surface area contributed by atoms with E-state index >= 15 is 0 Å². The monoisotopic (exact) mass is 437 g/mol. The highest BCUT2D eigenvalue weighted by Crippen LogP contribution is 2.20. The zero-order valence-corrected chi connectivity index (χ0v) is 18.7. The number of thiocarbonyl (C=S) groups is 1. The summed E-state index contributed by atoms with van der Waals surface area (Å²) in [6, 6.07) is 8.25. The van der Waals surface area contributed by atoms with Crippen molar-refractivity contribution in [1.29, 1.82) is 0 Å². The number of carbonyl (C=O) groups excluding carboxylic acids is 1. The number of hydrogen-bond acceptors (Lipinski definition) is 4. The molecule has 0 unspecified atom stereocenters. The standard InChI is InChI=1S/C22H27N7OS/c1-16-8-4-5-9-17(16)14-29-15-18(12-24-29)25-22(31)26-19-13-23-27(2)20(19)21(30)28-10-6-3-7-11-28/h4-5,8-9,12-13,15H,3,6-7,10-11,14H2,1-2H3,(H2,25,26,31). The van der Waals surface area contributed by atoms with Gasteiger partial charge in [0.25, 0.3) is 5.91 Å². The fourth-order valence-corrected chi connectivity index (χ4v) is 4.02. The van der Waals surface area contributed by atoms with Gasteiger partial charge in [0.1, 0.15) is 5.69 Å². The molecule has 0 saturated carbocycles. The van der Waals surface area contributed by atoms with Crippen LogP contribution in [0.15, 0.2) is 42.9 Å². The van der Waals surface area contributed by atoms with Gasteiger partial charge in [-0.05, 0) is 49.5 Å². The Hall–Kier alpha value is -3.20. The van der Waals surface area contributed by atoms with E-state index in [1.165, 1.54) is 17.5 Å². The highest BCUT2D eigenvalue weighted by atomic mass is 32.1. The first-order valence-electron chi connectivity index (χ1n) is 10.5. The SMILES string of the molecule is Cc1ccccc1Cn1cc(NC(=S)Nc2cnn(C)c2C(=O)N2CCCCC2)cn1. The first-order valence-corrected chi connectivity index (χ1v) is 10.9. The molecule has 4 rings (SSSR count). The molecule has 3 heterocycles. The van der Waals surface area contributed by atoms with Gasteiger partial charge >= 0.3 is 0 Å². The summed E-state index contributed by atoms with van der Waals surface area (Å²) >= 11 is 5.47. The summed E-state index contributed by atoms with van der Waals surface area (Å²) in [6.07, 6.45) is 8.52. The number of benzene rings is 1. The molecule has 1 aliphatic rings. The number of aromatic nitrogens is 4. The molecular formula is C22H27N7OS. The number of hydrogen-bond donors (Lipinski definition) is 2. The fraction of sp³-hybridized carbons (Fsp3) is 0.364. The molecule has 0 atom stereocenters. The van der Waals surface area contributed by atoms with Crippen molar-refractivity contribution in [3.8, 4) is 0 Å². The molecule has 1 amide bonds. The Morgan fingerprint density at radius 1 is 1.10 bits per heavy atom. The summed E-state index contributed by atoms with van der Waals surface area (Å²) in [5.74, 6) is -0.0175. The van der Waals surface area contributed by atoms with Gasteiger partial charge in [0.05, 0.1) is 30.3 Å². The maximum atomic E-state index is 13.0. The smallest absolute Gasteiger partial charge is 0.274 e. The van der Waals surface area contributed by atoms with E-state index in [9.17, 15) is 4.79 Å². The van der Waals surface area contributed by atoms with Gasteiger partial charge in [-0.15, -0.1) is 0 Å². The van der Waals surface area contributed by atoms with Crippen LogP contribution in [0.4, 0.5) is 11.4 Å². The van der Waals surface area contributed by atoms with E-state index in [0.717, 1.165) is 31.6 Å². The van der Waals surface area contributed by atoms with Crippen LogP contribution in [0.3, 0.4) is 0 Å². The largest absolute Gasteiger partial charge is 0.337 e. The van der Waals surface area contributed by atoms with Gasteiger partial charge in [-0.3, -0.25) is 14.2 Å². The first-order chi connectivity index (χ1) is 15.0. The molecule has 2 aromatic heterocycles. The number of nitrogens with one attached hydrogen (secondary N) is 2. The topological polar surface area (TPSA) is 80.0 Å². The summed E-state index contributed by atoms with van der Waals surface area (Å²) in [7, 11) is 1.77. The zero-order chi connectivity index (χ0) is 21.8. The Morgan fingerprint density at radius 3 is 2.65 bits per heavy atom. The number of amides is 1. The lowest BCUT2D eigenvalue weighted by Crippen LogP contribution is -2.37. The second kappa shape index (κ2) is 9.30. The summed E-state index contributed by atoms with van der Waals surface area (Å²) < 4.78 is 3.46. The molecule has 1 aromatic carbocycles. The third-order valence-corrected chi connectivity index (χ3v) is 5.72. The number of aryl methyl sites for hydroxylation is 2. The van der Waals surface area contributed by atoms with E-state index in [1.54, 1.807) is 24.1 Å². The molecular weight excluding hydrogens is 410 g/mol. The Morgan fingerprint density at radius 2 is 1.87 bits per heavy atom. The first kappa shape index (κ1) is 21.0. The van der Waals surface area contributed by atoms with Gasteiger partial charge in [0, 0.05) is 26.3 Å². The van der Waals surface area contributed by atoms with E-state index in [2.05, 4.69) is 39.9 Å². The molecule has 1 fully saturated rings. The molecule has 2 N–H and O–H groups in total. The van der Waals surface area contributed by atoms with Crippen LogP contribution in [0, 0.1) is 6.92 Å². The Balaban J connectivity index is 1.40. The van der Waals surface area contributed by atoms with Gasteiger partial charge in [0.2, 0.25) is 0 Å². The van der Waals surface area contributed by atoms with Crippen molar-refractivity contribution < 1.29 is 4.79 Å². The quantitative estimate of drug-likeness (QED) is 0.596. The normalized spacial score (nSPS) is 13.8. The average molecular weight is 438 g/mol. The maximum Gasteiger partial charge on any atom is 0.274 e. The highest BCUT2D eigenvalue weighted by Gasteiger charge is 2.24. The van der Waals surface area contributed by atoms with Crippen LogP contribution >= 0.6 is 12.2 Å². The van der Waals surface area contributed by atoms with Crippen molar-refractivity contribution in [2.75, 3.05) is 23.7 Å². The second-order valence-corrected chi connectivity index (χ2v) is 8.22. The number of piperidine rings is 1. The molecule has 9 heteroatoms. The van der Waals surface area contributed by atoms with Gasteiger partial charge in [-0.2, -0.15) is 10.2 Å². The average Bonchev–Trinajstić information content (AvgIpc) is 3.36. The molecule has 1 aliphatic heterocycles. The molecule has 0 spiro atoms. The molecule has 3 aromatic rings. The van der Waals surface area contributed by atoms with Gasteiger partial charge in [0.15, 0.2) is 5.11 Å². The lowest BCUT2D eigenvalue weighted by atomic mass is 10.1. The molecule has 8 nitrogen and oxygen atoms in total. The van der Waals surface area contributed by atoms with Crippen molar-refractivity contribution >= 4 is 34.6 Å². The van der Waals surface area contributed by atoms with Crippen molar-refractivity contribution in [3.05, 3.63) is 59.7 Å². The molecule has 0 bridgehead atoms. The lowest BCUT2D eigenvalue weighted by molar-refractivity contribution is 0.0714. The fourth-order valence-electron chi connectivity index (χ4n) is 3.79. The molecule has 0 radical (unpaired) electrons. The predicted molar refractivity (Wildman–Crippen MR) is 125 cm³/mol. The summed E-state index contributed by atoms with van der Waals surface area (Å²) in [5.41, 5.74) is 4.34. The Bertz CT molecular complexity index is 1080. The van der Waals surface area contributed by atoms with E-state index < -0.39 is 0 Å². The van der Waals surface area contributed by atoms with E-state index in [0.29, 0.717) is 23.0 Å². The minimum absolute atomic E-state index is 0.0175. The highest BCUT2D eigenvalue weighted by molar-refractivity contribution is 7.80. The van der Waals surface area contributed by atoms with Crippen molar-refractivity contribution in [2.45, 2.75) is 32.7 Å². The lowest BCUT2D eigenvalue weighted by Gasteiger charge is -2.27. The molecule has 31 heavy (non-hydrogen) atoms. The van der Waals surface area contributed by atoms with Gasteiger partial charge in [-0.1, -0.05) is 24.3 Å². The van der Waals surface area contributed by atoms with E-state index in [-0.39, 0.29) is 5.91 Å². The van der Waals surface area contributed by atoms with Gasteiger partial charge in [-0.25, -0.2) is 0 Å². The summed E-state index contributed by atoms with van der Waals surface area (Å²) in [6.45, 7) is 4.35. The molecule has 1 saturated heterocycles. The zero-order valence-electron chi connectivity index (χ0n) is 17.8. The van der Waals surface area contributed by atoms with Crippen LogP contribution in [0.5, 0.6) is 0 Å². The van der Waals surface area contributed by atoms with Crippen molar-refractivity contribution in [1.82, 2.24) is 24.5 Å². The third-order valence-electron chi connectivity index (χ3n) is 5.52. The number of likely N-dealkylation sites (tertiary alicyclic amines) is 1. The van der Waals surface area contributed by atoms with Crippen LogP contribution in [-0.2, 0) is 13.6 Å². The number of rotatable bonds is 5.